The number of methoxy groups -OCH3 is 2. The first kappa shape index (κ1) is 39.3. The van der Waals surface area contributed by atoms with Crippen LogP contribution in [-0.4, -0.2) is 56.8 Å². The number of azo groups is 1. The largest absolute Gasteiger partial charge is 0.508 e. The standard InChI is InChI=1S/C50H44N4O7/c1-53(2)33-19-15-31(16-20-33)51-52-32-17-21-34(22-18-32)54-48(58)37-24-23-36-39(44(37)49(54)59)27-40-47(57)38(29-11-7-5-8-12-29)28-43(56)50(40,30-13-9-6-10-14-30)46(36)45-41(60-3)25-35(55)26-42(45)61-4/h5-23,25-26,28,37,39-40,44,46,55H,24,27H2,1-4H3/t37-,39+,40-,44-,46+,50-/m0/s1. The molecule has 4 aliphatic rings. The fourth-order valence-corrected chi connectivity index (χ4v) is 10.3. The van der Waals surface area contributed by atoms with Gasteiger partial charge in [-0.3, -0.25) is 24.1 Å². The highest BCUT2D eigenvalue weighted by molar-refractivity contribution is 6.32. The number of nitrogens with zero attached hydrogens (tertiary/aromatic N) is 4. The van der Waals surface area contributed by atoms with Gasteiger partial charge in [-0.05, 0) is 84.5 Å². The van der Waals surface area contributed by atoms with E-state index >= 15 is 9.59 Å². The first-order chi connectivity index (χ1) is 29.6. The zero-order valence-electron chi connectivity index (χ0n) is 34.2. The van der Waals surface area contributed by atoms with Crippen molar-refractivity contribution in [2.24, 2.45) is 33.9 Å². The van der Waals surface area contributed by atoms with Crippen LogP contribution in [0.25, 0.3) is 5.57 Å². The summed E-state index contributed by atoms with van der Waals surface area (Å²) in [7, 11) is 6.88. The van der Waals surface area contributed by atoms with Crippen LogP contribution in [0.2, 0.25) is 0 Å². The number of phenols is 1. The van der Waals surface area contributed by atoms with Gasteiger partial charge < -0.3 is 19.5 Å². The molecule has 11 heteroatoms. The minimum absolute atomic E-state index is 0.108. The number of anilines is 2. The van der Waals surface area contributed by atoms with Crippen LogP contribution in [0, 0.1) is 23.7 Å². The Balaban J connectivity index is 1.16. The monoisotopic (exact) mass is 812 g/mol. The van der Waals surface area contributed by atoms with Crippen molar-refractivity contribution in [1.29, 1.82) is 0 Å². The number of hydrogen-bond acceptors (Lipinski definition) is 10. The van der Waals surface area contributed by atoms with Gasteiger partial charge >= 0.3 is 0 Å². The maximum Gasteiger partial charge on any atom is 0.238 e. The maximum absolute atomic E-state index is 15.4. The van der Waals surface area contributed by atoms with E-state index in [4.69, 9.17) is 9.47 Å². The normalized spacial score (nSPS) is 24.5. The summed E-state index contributed by atoms with van der Waals surface area (Å²) in [6, 6.07) is 35.9. The van der Waals surface area contributed by atoms with Crippen LogP contribution in [0.1, 0.15) is 35.4 Å². The highest BCUT2D eigenvalue weighted by Crippen LogP contribution is 2.66. The Bertz CT molecular complexity index is 2630. The van der Waals surface area contributed by atoms with E-state index in [-0.39, 0.29) is 53.5 Å². The highest BCUT2D eigenvalue weighted by Gasteiger charge is 2.66. The molecule has 9 rings (SSSR count). The number of aromatic hydroxyl groups is 1. The number of rotatable bonds is 9. The molecule has 2 amide bonds. The third kappa shape index (κ3) is 6.34. The van der Waals surface area contributed by atoms with Crippen LogP contribution < -0.4 is 19.3 Å². The Labute approximate surface area is 353 Å². The maximum atomic E-state index is 15.4. The quantitative estimate of drug-likeness (QED) is 0.0885. The molecule has 0 aromatic heterocycles. The number of carbonyl (C=O) groups excluding carboxylic acids is 4. The van der Waals surface area contributed by atoms with E-state index in [2.05, 4.69) is 10.2 Å². The Morgan fingerprint density at radius 3 is 1.92 bits per heavy atom. The minimum Gasteiger partial charge on any atom is -0.508 e. The van der Waals surface area contributed by atoms with Gasteiger partial charge in [0, 0.05) is 54.9 Å². The van der Waals surface area contributed by atoms with Crippen LogP contribution in [0.5, 0.6) is 17.2 Å². The number of Topliss-reactive ketones (excluding diaryl/α,β-unsaturated/α-hetero) is 1. The average Bonchev–Trinajstić information content (AvgIpc) is 3.55. The number of ketones is 2. The van der Waals surface area contributed by atoms with E-state index in [1.54, 1.807) is 24.3 Å². The zero-order valence-corrected chi connectivity index (χ0v) is 34.2. The van der Waals surface area contributed by atoms with Gasteiger partial charge in [-0.2, -0.15) is 10.2 Å². The third-order valence-corrected chi connectivity index (χ3v) is 12.9. The predicted molar refractivity (Wildman–Crippen MR) is 232 cm³/mol. The van der Waals surface area contributed by atoms with Crippen molar-refractivity contribution in [3.05, 3.63) is 156 Å². The molecule has 306 valence electrons. The summed E-state index contributed by atoms with van der Waals surface area (Å²) in [6.45, 7) is 0. The Hall–Kier alpha value is -7.14. The molecular weight excluding hydrogens is 769 g/mol. The molecule has 1 saturated carbocycles. The van der Waals surface area contributed by atoms with Gasteiger partial charge in [0.25, 0.3) is 0 Å². The summed E-state index contributed by atoms with van der Waals surface area (Å²) >= 11 is 0. The molecule has 0 spiro atoms. The molecule has 0 bridgehead atoms. The molecule has 5 aromatic rings. The van der Waals surface area contributed by atoms with Gasteiger partial charge in [0.2, 0.25) is 11.8 Å². The lowest BCUT2D eigenvalue weighted by atomic mass is 9.44. The molecule has 3 aliphatic carbocycles. The SMILES string of the molecule is COc1cc(O)cc(OC)c1[C@H]1C2=CC[C@@H]3C(=O)N(c4ccc(N=Nc5ccc(N(C)C)cc5)cc4)C(=O)[C@@H]3[C@@H]2C[C@H]2C(=O)C(c3ccccc3)=CC(=O)[C@@]12c1ccccc1. The number of phenolic OH excluding ortho intramolecular Hbond substituents is 1. The summed E-state index contributed by atoms with van der Waals surface area (Å²) in [5, 5.41) is 19.6. The molecule has 1 saturated heterocycles. The molecule has 0 radical (unpaired) electrons. The number of amides is 2. The van der Waals surface area contributed by atoms with Crippen LogP contribution in [-0.2, 0) is 24.6 Å². The van der Waals surface area contributed by atoms with Crippen molar-refractivity contribution in [2.75, 3.05) is 38.1 Å². The number of imide groups is 1. The molecule has 11 nitrogen and oxygen atoms in total. The Morgan fingerprint density at radius 2 is 1.33 bits per heavy atom. The van der Waals surface area contributed by atoms with Crippen LogP contribution in [0.3, 0.4) is 0 Å². The Morgan fingerprint density at radius 1 is 0.738 bits per heavy atom. The van der Waals surface area contributed by atoms with Gasteiger partial charge in [0.05, 0.1) is 48.5 Å². The highest BCUT2D eigenvalue weighted by atomic mass is 16.5. The van der Waals surface area contributed by atoms with Crippen LogP contribution in [0.4, 0.5) is 22.7 Å². The van der Waals surface area contributed by atoms with Crippen LogP contribution >= 0.6 is 0 Å². The lowest BCUT2D eigenvalue weighted by Crippen LogP contribution is -2.59. The van der Waals surface area contributed by atoms with Gasteiger partial charge in [0.1, 0.15) is 17.2 Å². The number of fused-ring (bicyclic) bond motifs is 4. The van der Waals surface area contributed by atoms with Crippen molar-refractivity contribution in [3.8, 4) is 17.2 Å². The molecule has 0 unspecified atom stereocenters. The van der Waals surface area contributed by atoms with Crippen molar-refractivity contribution in [3.63, 3.8) is 0 Å². The van der Waals surface area contributed by atoms with Crippen molar-refractivity contribution in [2.45, 2.75) is 24.2 Å². The van der Waals surface area contributed by atoms with Crippen molar-refractivity contribution in [1.82, 2.24) is 0 Å². The predicted octanol–water partition coefficient (Wildman–Crippen LogP) is 8.92. The second-order valence-corrected chi connectivity index (χ2v) is 16.2. The smallest absolute Gasteiger partial charge is 0.238 e. The molecule has 1 aliphatic heterocycles. The minimum atomic E-state index is -1.51. The number of allylic oxidation sites excluding steroid dienone is 4. The second-order valence-electron chi connectivity index (χ2n) is 16.2. The van der Waals surface area contributed by atoms with E-state index in [0.29, 0.717) is 39.3 Å². The van der Waals surface area contributed by atoms with Gasteiger partial charge in [-0.15, -0.1) is 0 Å². The first-order valence-corrected chi connectivity index (χ1v) is 20.3. The van der Waals surface area contributed by atoms with E-state index in [1.165, 1.54) is 37.3 Å². The van der Waals surface area contributed by atoms with Gasteiger partial charge in [0.15, 0.2) is 11.6 Å². The molecule has 2 fully saturated rings. The van der Waals surface area contributed by atoms with Crippen LogP contribution in [0.15, 0.2) is 149 Å². The molecule has 6 atom stereocenters. The molecular formula is C50H44N4O7. The molecule has 1 N–H and O–H groups in total. The fourth-order valence-electron chi connectivity index (χ4n) is 10.3. The molecule has 5 aromatic carbocycles. The lowest BCUT2D eigenvalue weighted by molar-refractivity contribution is -0.135. The van der Waals surface area contributed by atoms with E-state index < -0.39 is 35.0 Å². The van der Waals surface area contributed by atoms with E-state index in [1.807, 2.05) is 110 Å². The Kier molecular flexibility index (Phi) is 9.97. The summed E-state index contributed by atoms with van der Waals surface area (Å²) in [5.74, 6) is -4.78. The number of carbonyl (C=O) groups is 4. The summed E-state index contributed by atoms with van der Waals surface area (Å²) in [6.07, 6.45) is 3.83. The van der Waals surface area contributed by atoms with Crippen molar-refractivity contribution < 1.29 is 33.8 Å². The first-order valence-electron chi connectivity index (χ1n) is 20.3. The van der Waals surface area contributed by atoms with Crippen molar-refractivity contribution >= 4 is 51.7 Å². The summed E-state index contributed by atoms with van der Waals surface area (Å²) in [5.41, 5.74) is 3.93. The zero-order chi connectivity index (χ0) is 42.6. The topological polar surface area (TPSA) is 138 Å². The van der Waals surface area contributed by atoms with E-state index in [9.17, 15) is 14.7 Å². The van der Waals surface area contributed by atoms with Gasteiger partial charge in [-0.1, -0.05) is 72.3 Å². The second kappa shape index (κ2) is 15.5. The lowest BCUT2D eigenvalue weighted by Gasteiger charge is -2.55. The number of hydrogen-bond donors (Lipinski definition) is 1. The molecule has 61 heavy (non-hydrogen) atoms. The number of benzene rings is 5. The number of ether oxygens (including phenoxy) is 2. The van der Waals surface area contributed by atoms with E-state index in [0.717, 1.165) is 11.3 Å². The average molecular weight is 813 g/mol. The fraction of sp³-hybridized carbons (Fsp3) is 0.240. The van der Waals surface area contributed by atoms with Gasteiger partial charge in [-0.25, -0.2) is 0 Å². The summed E-state index contributed by atoms with van der Waals surface area (Å²) in [4.78, 5) is 63.4. The third-order valence-electron chi connectivity index (χ3n) is 12.9. The summed E-state index contributed by atoms with van der Waals surface area (Å²) < 4.78 is 11.9. The molecule has 1 heterocycles.